The van der Waals surface area contributed by atoms with Crippen molar-refractivity contribution in [3.8, 4) is 0 Å². The van der Waals surface area contributed by atoms with Gasteiger partial charge >= 0.3 is 0 Å². The summed E-state index contributed by atoms with van der Waals surface area (Å²) >= 11 is 0. The summed E-state index contributed by atoms with van der Waals surface area (Å²) in [6.07, 6.45) is 1.02. The van der Waals surface area contributed by atoms with Gasteiger partial charge < -0.3 is 0 Å². The van der Waals surface area contributed by atoms with E-state index in [1.54, 1.807) is 0 Å². The predicted molar refractivity (Wildman–Crippen MR) is 129 cm³/mol. The molecule has 0 aliphatic carbocycles. The molecule has 0 unspecified atom stereocenters. The van der Waals surface area contributed by atoms with Gasteiger partial charge in [-0.25, -0.2) is 10.0 Å². The van der Waals surface area contributed by atoms with Gasteiger partial charge in [0.1, 0.15) is 0 Å². The first-order valence-electron chi connectivity index (χ1n) is 11.0. The van der Waals surface area contributed by atoms with Crippen LogP contribution >= 0.6 is 0 Å². The molecule has 0 aliphatic heterocycles. The molecular weight excluding hydrogens is 376 g/mol. The molecule has 0 amide bonds. The van der Waals surface area contributed by atoms with E-state index < -0.39 is 0 Å². The first kappa shape index (κ1) is 21.0. The molecule has 0 N–H and O–H groups in total. The molecule has 0 spiro atoms. The van der Waals surface area contributed by atoms with Crippen LogP contribution in [0.25, 0.3) is 0 Å². The molecule has 0 fully saturated rings. The number of rotatable bonds is 10. The molecule has 0 radical (unpaired) electrons. The quantitative estimate of drug-likeness (QED) is 0.283. The van der Waals surface area contributed by atoms with Crippen LogP contribution in [0.4, 0.5) is 0 Å². The molecule has 0 aromatic heterocycles. The lowest BCUT2D eigenvalue weighted by atomic mass is 10.1. The normalized spacial score (nSPS) is 11.2. The smallest absolute Gasteiger partial charge is 0.0388 e. The highest BCUT2D eigenvalue weighted by molar-refractivity contribution is 5.19. The molecule has 0 bridgehead atoms. The molecule has 2 heteroatoms. The summed E-state index contributed by atoms with van der Waals surface area (Å²) in [6.45, 7) is 3.64. The number of benzene rings is 4. The monoisotopic (exact) mass is 406 g/mol. The summed E-state index contributed by atoms with van der Waals surface area (Å²) in [5, 5.41) is 5.02. The fraction of sp³-hybridized carbons (Fsp3) is 0.172. The Hall–Kier alpha value is -3.20. The lowest BCUT2D eigenvalue weighted by Crippen LogP contribution is -2.42. The van der Waals surface area contributed by atoms with Crippen molar-refractivity contribution in [2.45, 2.75) is 26.1 Å². The molecule has 4 rings (SSSR count). The van der Waals surface area contributed by atoms with Gasteiger partial charge in [0.2, 0.25) is 0 Å². The number of hydrogen-bond donors (Lipinski definition) is 0. The third-order valence-electron chi connectivity index (χ3n) is 5.53. The van der Waals surface area contributed by atoms with Crippen molar-refractivity contribution in [3.05, 3.63) is 144 Å². The van der Waals surface area contributed by atoms with Crippen molar-refractivity contribution in [1.29, 1.82) is 0 Å². The van der Waals surface area contributed by atoms with Crippen molar-refractivity contribution in [2.24, 2.45) is 0 Å². The van der Waals surface area contributed by atoms with Crippen molar-refractivity contribution in [1.82, 2.24) is 10.0 Å². The zero-order valence-electron chi connectivity index (χ0n) is 18.0. The van der Waals surface area contributed by atoms with Gasteiger partial charge in [0.05, 0.1) is 0 Å². The Morgan fingerprint density at radius 2 is 0.677 bits per heavy atom. The van der Waals surface area contributed by atoms with E-state index in [2.05, 4.69) is 131 Å². The van der Waals surface area contributed by atoms with Crippen LogP contribution in [0.5, 0.6) is 0 Å². The lowest BCUT2D eigenvalue weighted by Gasteiger charge is -2.35. The van der Waals surface area contributed by atoms with Crippen LogP contribution in [0.3, 0.4) is 0 Å². The van der Waals surface area contributed by atoms with Gasteiger partial charge in [0.25, 0.3) is 0 Å². The minimum absolute atomic E-state index is 0.886. The summed E-state index contributed by atoms with van der Waals surface area (Å²) < 4.78 is 0. The minimum Gasteiger partial charge on any atom is -0.236 e. The average Bonchev–Trinajstić information content (AvgIpc) is 2.84. The first-order valence-corrected chi connectivity index (χ1v) is 11.0. The van der Waals surface area contributed by atoms with E-state index >= 15 is 0 Å². The molecule has 156 valence electrons. The van der Waals surface area contributed by atoms with Crippen LogP contribution < -0.4 is 0 Å². The van der Waals surface area contributed by atoms with Crippen LogP contribution in [-0.2, 0) is 26.1 Å². The van der Waals surface area contributed by atoms with Crippen LogP contribution in [0.2, 0.25) is 0 Å². The van der Waals surface area contributed by atoms with Gasteiger partial charge in [0, 0.05) is 26.2 Å². The zero-order valence-corrected chi connectivity index (χ0v) is 18.0. The molecular formula is C29H30N2. The van der Waals surface area contributed by atoms with Crippen LogP contribution in [-0.4, -0.2) is 16.6 Å². The highest BCUT2D eigenvalue weighted by Gasteiger charge is 2.17. The largest absolute Gasteiger partial charge is 0.236 e. The van der Waals surface area contributed by atoms with Crippen LogP contribution in [0.15, 0.2) is 121 Å². The SMILES string of the molecule is c1ccc(CCN(Cc2ccccc2)N(Cc2ccccc2)Cc2ccccc2)cc1. The summed E-state index contributed by atoms with van der Waals surface area (Å²) in [5.41, 5.74) is 5.37. The fourth-order valence-electron chi connectivity index (χ4n) is 3.86. The van der Waals surface area contributed by atoms with E-state index in [0.29, 0.717) is 0 Å². The summed E-state index contributed by atoms with van der Waals surface area (Å²) in [6, 6.07) is 43.1. The third-order valence-corrected chi connectivity index (χ3v) is 5.53. The van der Waals surface area contributed by atoms with E-state index in [1.807, 2.05) is 0 Å². The summed E-state index contributed by atoms with van der Waals surface area (Å²) in [7, 11) is 0. The van der Waals surface area contributed by atoms with E-state index in [4.69, 9.17) is 0 Å². The predicted octanol–water partition coefficient (Wildman–Crippen LogP) is 6.35. The molecule has 4 aromatic carbocycles. The third kappa shape index (κ3) is 6.65. The Morgan fingerprint density at radius 1 is 0.355 bits per heavy atom. The Kier molecular flexibility index (Phi) is 7.65. The second-order valence-electron chi connectivity index (χ2n) is 7.90. The molecule has 0 aliphatic rings. The fourth-order valence-corrected chi connectivity index (χ4v) is 3.86. The van der Waals surface area contributed by atoms with Crippen LogP contribution in [0, 0.1) is 0 Å². The topological polar surface area (TPSA) is 6.48 Å². The second kappa shape index (κ2) is 11.3. The standard InChI is InChI=1S/C29H30N2/c1-5-13-26(14-6-1)21-22-30(23-27-15-7-2-8-16-27)31(24-28-17-9-3-10-18-28)25-29-19-11-4-12-20-29/h1-20H,21-25H2. The Bertz CT molecular complexity index is 960. The Labute approximate surface area is 186 Å². The molecule has 0 saturated heterocycles. The van der Waals surface area contributed by atoms with Crippen molar-refractivity contribution < 1.29 is 0 Å². The molecule has 0 atom stereocenters. The summed E-state index contributed by atoms with van der Waals surface area (Å²) in [4.78, 5) is 0. The van der Waals surface area contributed by atoms with E-state index in [-0.39, 0.29) is 0 Å². The number of nitrogens with zero attached hydrogens (tertiary/aromatic N) is 2. The molecule has 4 aromatic rings. The van der Waals surface area contributed by atoms with Gasteiger partial charge in [-0.1, -0.05) is 121 Å². The van der Waals surface area contributed by atoms with Gasteiger partial charge in [-0.3, -0.25) is 0 Å². The molecule has 0 heterocycles. The average molecular weight is 407 g/mol. The van der Waals surface area contributed by atoms with Gasteiger partial charge in [-0.15, -0.1) is 0 Å². The Morgan fingerprint density at radius 3 is 1.06 bits per heavy atom. The van der Waals surface area contributed by atoms with Gasteiger partial charge in [-0.05, 0) is 28.7 Å². The van der Waals surface area contributed by atoms with E-state index in [0.717, 1.165) is 32.6 Å². The first-order chi connectivity index (χ1) is 15.4. The minimum atomic E-state index is 0.886. The van der Waals surface area contributed by atoms with Crippen molar-refractivity contribution in [2.75, 3.05) is 6.54 Å². The van der Waals surface area contributed by atoms with Crippen molar-refractivity contribution in [3.63, 3.8) is 0 Å². The van der Waals surface area contributed by atoms with Crippen LogP contribution in [0.1, 0.15) is 22.3 Å². The maximum Gasteiger partial charge on any atom is 0.0388 e. The maximum atomic E-state index is 2.52. The van der Waals surface area contributed by atoms with Gasteiger partial charge in [-0.2, -0.15) is 0 Å². The van der Waals surface area contributed by atoms with E-state index in [1.165, 1.54) is 22.3 Å². The molecule has 2 nitrogen and oxygen atoms in total. The van der Waals surface area contributed by atoms with Gasteiger partial charge in [0.15, 0.2) is 0 Å². The second-order valence-corrected chi connectivity index (χ2v) is 7.90. The highest BCUT2D eigenvalue weighted by Crippen LogP contribution is 2.17. The van der Waals surface area contributed by atoms with E-state index in [9.17, 15) is 0 Å². The maximum absolute atomic E-state index is 2.52. The molecule has 0 saturated carbocycles. The summed E-state index contributed by atoms with van der Waals surface area (Å²) in [5.74, 6) is 0. The number of hydrogen-bond acceptors (Lipinski definition) is 2. The Balaban J connectivity index is 1.59. The molecule has 31 heavy (non-hydrogen) atoms. The van der Waals surface area contributed by atoms with Crippen molar-refractivity contribution >= 4 is 0 Å². The zero-order chi connectivity index (χ0) is 21.1. The number of hydrazine groups is 1. The lowest BCUT2D eigenvalue weighted by molar-refractivity contribution is -0.0485. The highest BCUT2D eigenvalue weighted by atomic mass is 15.6.